The summed E-state index contributed by atoms with van der Waals surface area (Å²) in [7, 11) is 0. The van der Waals surface area contributed by atoms with Crippen LogP contribution in [0.4, 0.5) is 0 Å². The summed E-state index contributed by atoms with van der Waals surface area (Å²) in [6, 6.07) is 3.97. The van der Waals surface area contributed by atoms with Crippen LogP contribution >= 0.6 is 0 Å². The standard InChI is InChI=1S/C15H21N3O4/c1-8(2)11-5-4-10(6-9(11)3)22-7-12(19)18-13(14(16)20)15(17)21/h4-6,8,13H,7H2,1-3H3,(H2,16,20)(H2,17,21)(H,18,19). The zero-order chi connectivity index (χ0) is 16.9. The highest BCUT2D eigenvalue weighted by Gasteiger charge is 2.23. The topological polar surface area (TPSA) is 125 Å². The van der Waals surface area contributed by atoms with E-state index in [4.69, 9.17) is 16.2 Å². The van der Waals surface area contributed by atoms with Crippen LogP contribution in [-0.4, -0.2) is 30.4 Å². The smallest absolute Gasteiger partial charge is 0.258 e. The molecule has 0 fully saturated rings. The first kappa shape index (κ1) is 17.5. The van der Waals surface area contributed by atoms with E-state index in [-0.39, 0.29) is 6.61 Å². The molecule has 0 aromatic heterocycles. The molecule has 0 aliphatic rings. The Morgan fingerprint density at radius 3 is 2.23 bits per heavy atom. The Kier molecular flexibility index (Phi) is 5.91. The van der Waals surface area contributed by atoms with Crippen LogP contribution in [-0.2, 0) is 14.4 Å². The van der Waals surface area contributed by atoms with Crippen molar-refractivity contribution < 1.29 is 19.1 Å². The normalized spacial score (nSPS) is 10.6. The zero-order valence-electron chi connectivity index (χ0n) is 12.9. The van der Waals surface area contributed by atoms with Crippen molar-refractivity contribution in [1.29, 1.82) is 0 Å². The number of hydrogen-bond donors (Lipinski definition) is 3. The third-order valence-corrected chi connectivity index (χ3v) is 3.11. The highest BCUT2D eigenvalue weighted by Crippen LogP contribution is 2.23. The maximum atomic E-state index is 11.6. The van der Waals surface area contributed by atoms with Gasteiger partial charge in [0, 0.05) is 0 Å². The molecular weight excluding hydrogens is 286 g/mol. The van der Waals surface area contributed by atoms with Gasteiger partial charge in [0.15, 0.2) is 12.6 Å². The van der Waals surface area contributed by atoms with Crippen molar-refractivity contribution in [1.82, 2.24) is 5.32 Å². The number of carbonyl (C=O) groups is 3. The summed E-state index contributed by atoms with van der Waals surface area (Å²) in [6.07, 6.45) is 0. The highest BCUT2D eigenvalue weighted by atomic mass is 16.5. The van der Waals surface area contributed by atoms with Crippen molar-refractivity contribution in [2.75, 3.05) is 6.61 Å². The molecular formula is C15H21N3O4. The zero-order valence-corrected chi connectivity index (χ0v) is 12.9. The second-order valence-corrected chi connectivity index (χ2v) is 5.27. The van der Waals surface area contributed by atoms with Crippen LogP contribution in [0.15, 0.2) is 18.2 Å². The van der Waals surface area contributed by atoms with Crippen LogP contribution in [0, 0.1) is 6.92 Å². The SMILES string of the molecule is Cc1cc(OCC(=O)NC(C(N)=O)C(N)=O)ccc1C(C)C. The molecule has 0 saturated heterocycles. The van der Waals surface area contributed by atoms with Crippen molar-refractivity contribution in [2.45, 2.75) is 32.7 Å². The number of primary amides is 2. The molecule has 0 radical (unpaired) electrons. The quantitative estimate of drug-likeness (QED) is 0.611. The van der Waals surface area contributed by atoms with Crippen LogP contribution in [0.25, 0.3) is 0 Å². The number of nitrogens with two attached hydrogens (primary N) is 2. The van der Waals surface area contributed by atoms with E-state index in [9.17, 15) is 14.4 Å². The molecule has 0 aliphatic heterocycles. The van der Waals surface area contributed by atoms with E-state index < -0.39 is 23.8 Å². The lowest BCUT2D eigenvalue weighted by Gasteiger charge is -2.14. The fourth-order valence-electron chi connectivity index (χ4n) is 2.02. The first-order valence-corrected chi connectivity index (χ1v) is 6.83. The average Bonchev–Trinajstić information content (AvgIpc) is 2.41. The molecule has 22 heavy (non-hydrogen) atoms. The Balaban J connectivity index is 2.63. The second-order valence-electron chi connectivity index (χ2n) is 5.27. The molecule has 0 spiro atoms. The van der Waals surface area contributed by atoms with Crippen LogP contribution in [0.2, 0.25) is 0 Å². The minimum absolute atomic E-state index is 0.350. The maximum absolute atomic E-state index is 11.6. The Morgan fingerprint density at radius 2 is 1.77 bits per heavy atom. The molecule has 3 amide bonds. The first-order chi connectivity index (χ1) is 10.2. The number of benzene rings is 1. The molecule has 120 valence electrons. The fraction of sp³-hybridized carbons (Fsp3) is 0.400. The van der Waals surface area contributed by atoms with Gasteiger partial charge in [0.2, 0.25) is 11.8 Å². The average molecular weight is 307 g/mol. The fourth-order valence-corrected chi connectivity index (χ4v) is 2.02. The van der Waals surface area contributed by atoms with Crippen molar-refractivity contribution >= 4 is 17.7 Å². The summed E-state index contributed by atoms with van der Waals surface area (Å²) in [5.74, 6) is -1.78. The van der Waals surface area contributed by atoms with Crippen LogP contribution < -0.4 is 21.5 Å². The third kappa shape index (κ3) is 4.76. The van der Waals surface area contributed by atoms with Gasteiger partial charge in [0.1, 0.15) is 5.75 Å². The summed E-state index contributed by atoms with van der Waals surface area (Å²) in [5.41, 5.74) is 12.2. The molecule has 1 aromatic carbocycles. The minimum atomic E-state index is -1.54. The highest BCUT2D eigenvalue weighted by molar-refractivity contribution is 6.05. The van der Waals surface area contributed by atoms with E-state index in [1.54, 1.807) is 6.07 Å². The molecule has 0 unspecified atom stereocenters. The molecule has 7 heteroatoms. The molecule has 5 N–H and O–H groups in total. The lowest BCUT2D eigenvalue weighted by atomic mass is 9.98. The van der Waals surface area contributed by atoms with E-state index in [1.807, 2.05) is 19.1 Å². The largest absolute Gasteiger partial charge is 0.484 e. The molecule has 0 saturated carbocycles. The predicted molar refractivity (Wildman–Crippen MR) is 81.1 cm³/mol. The second kappa shape index (κ2) is 7.44. The molecule has 1 aromatic rings. The van der Waals surface area contributed by atoms with Crippen molar-refractivity contribution in [3.8, 4) is 5.75 Å². The van der Waals surface area contributed by atoms with Crippen LogP contribution in [0.1, 0.15) is 30.9 Å². The van der Waals surface area contributed by atoms with E-state index in [0.717, 1.165) is 5.56 Å². The number of amides is 3. The Hall–Kier alpha value is -2.57. The summed E-state index contributed by atoms with van der Waals surface area (Å²) in [6.45, 7) is 5.78. The number of carbonyl (C=O) groups excluding carboxylic acids is 3. The summed E-state index contributed by atoms with van der Waals surface area (Å²) >= 11 is 0. The lowest BCUT2D eigenvalue weighted by Crippen LogP contribution is -2.53. The van der Waals surface area contributed by atoms with Crippen molar-refractivity contribution in [3.05, 3.63) is 29.3 Å². The van der Waals surface area contributed by atoms with Gasteiger partial charge < -0.3 is 21.5 Å². The molecule has 0 aliphatic carbocycles. The van der Waals surface area contributed by atoms with E-state index in [1.165, 1.54) is 5.56 Å². The Bertz CT molecular complexity index is 570. The number of rotatable bonds is 7. The van der Waals surface area contributed by atoms with Gasteiger partial charge in [0.05, 0.1) is 0 Å². The first-order valence-electron chi connectivity index (χ1n) is 6.83. The molecule has 0 heterocycles. The van der Waals surface area contributed by atoms with Gasteiger partial charge in [-0.25, -0.2) is 0 Å². The monoisotopic (exact) mass is 307 g/mol. The molecule has 7 nitrogen and oxygen atoms in total. The van der Waals surface area contributed by atoms with E-state index >= 15 is 0 Å². The van der Waals surface area contributed by atoms with Gasteiger partial charge in [-0.15, -0.1) is 0 Å². The predicted octanol–water partition coefficient (Wildman–Crippen LogP) is -0.0474. The summed E-state index contributed by atoms with van der Waals surface area (Å²) in [5, 5.41) is 2.12. The van der Waals surface area contributed by atoms with E-state index in [2.05, 4.69) is 19.2 Å². The van der Waals surface area contributed by atoms with Crippen molar-refractivity contribution in [3.63, 3.8) is 0 Å². The number of aryl methyl sites for hydroxylation is 1. The van der Waals surface area contributed by atoms with Gasteiger partial charge in [-0.1, -0.05) is 19.9 Å². The van der Waals surface area contributed by atoms with Crippen LogP contribution in [0.5, 0.6) is 5.75 Å². The number of hydrogen-bond acceptors (Lipinski definition) is 4. The van der Waals surface area contributed by atoms with Gasteiger partial charge in [-0.2, -0.15) is 0 Å². The maximum Gasteiger partial charge on any atom is 0.258 e. The van der Waals surface area contributed by atoms with Gasteiger partial charge in [0.25, 0.3) is 5.91 Å². The van der Waals surface area contributed by atoms with Gasteiger partial charge in [-0.05, 0) is 36.1 Å². The number of nitrogens with one attached hydrogen (secondary N) is 1. The van der Waals surface area contributed by atoms with Crippen molar-refractivity contribution in [2.24, 2.45) is 11.5 Å². The molecule has 0 atom stereocenters. The molecule has 0 bridgehead atoms. The summed E-state index contributed by atoms with van der Waals surface area (Å²) < 4.78 is 5.33. The third-order valence-electron chi connectivity index (χ3n) is 3.11. The molecule has 1 rings (SSSR count). The van der Waals surface area contributed by atoms with Gasteiger partial charge >= 0.3 is 0 Å². The van der Waals surface area contributed by atoms with Crippen LogP contribution in [0.3, 0.4) is 0 Å². The Labute approximate surface area is 129 Å². The van der Waals surface area contributed by atoms with Gasteiger partial charge in [-0.3, -0.25) is 14.4 Å². The minimum Gasteiger partial charge on any atom is -0.484 e. The Morgan fingerprint density at radius 1 is 1.18 bits per heavy atom. The van der Waals surface area contributed by atoms with E-state index in [0.29, 0.717) is 11.7 Å². The number of ether oxygens (including phenoxy) is 1. The summed E-state index contributed by atoms with van der Waals surface area (Å²) in [4.78, 5) is 33.6. The lowest BCUT2D eigenvalue weighted by molar-refractivity contribution is -0.134.